The molecule has 0 atom stereocenters. The van der Waals surface area contributed by atoms with E-state index in [4.69, 9.17) is 16.9 Å². The topological polar surface area (TPSA) is 114 Å². The lowest BCUT2D eigenvalue weighted by atomic mass is 9.66. The summed E-state index contributed by atoms with van der Waals surface area (Å²) in [5.41, 5.74) is 16.2. The molecule has 9 N–H and O–H groups in total. The van der Waals surface area contributed by atoms with Crippen LogP contribution in [-0.4, -0.2) is 21.4 Å². The lowest BCUT2D eigenvalue weighted by Gasteiger charge is -2.25. The van der Waals surface area contributed by atoms with E-state index in [9.17, 15) is 0 Å². The summed E-state index contributed by atoms with van der Waals surface area (Å²) in [5, 5.41) is 8.29. The molecule has 1 fully saturated rings. The SMILES string of the molecule is NB1NB(N)NB(N)N1. The summed E-state index contributed by atoms with van der Waals surface area (Å²) in [6.45, 7) is 0. The molecule has 1 heterocycles. The van der Waals surface area contributed by atoms with Crippen LogP contribution in [0, 0.1) is 0 Å². The maximum atomic E-state index is 5.39. The van der Waals surface area contributed by atoms with E-state index in [1.54, 1.807) is 0 Å². The summed E-state index contributed by atoms with van der Waals surface area (Å²) in [7, 11) is -0.969. The first kappa shape index (κ1) is 7.07. The van der Waals surface area contributed by atoms with Gasteiger partial charge in [0.15, 0.2) is 0 Å². The molecule has 0 bridgehead atoms. The van der Waals surface area contributed by atoms with Crippen LogP contribution in [0.25, 0.3) is 0 Å². The van der Waals surface area contributed by atoms with Crippen molar-refractivity contribution in [3.05, 3.63) is 0 Å². The third kappa shape index (κ3) is 1.97. The van der Waals surface area contributed by atoms with E-state index in [-0.39, 0.29) is 21.4 Å². The van der Waals surface area contributed by atoms with Gasteiger partial charge < -0.3 is 32.4 Å². The van der Waals surface area contributed by atoms with Gasteiger partial charge in [-0.15, -0.1) is 0 Å². The largest absolute Gasteiger partial charge is 0.373 e. The second kappa shape index (κ2) is 2.69. The van der Waals surface area contributed by atoms with Crippen molar-refractivity contribution in [3.8, 4) is 0 Å². The standard InChI is InChI=1S/B3H9N6/c4-1-7-2(5)9-3(6)8-1/h7-9H,4-6H2. The summed E-state index contributed by atoms with van der Waals surface area (Å²) < 4.78 is 0. The molecule has 0 amide bonds. The van der Waals surface area contributed by atoms with Crippen LogP contribution in [0.1, 0.15) is 0 Å². The monoisotopic (exact) mass is 126 g/mol. The summed E-state index contributed by atoms with van der Waals surface area (Å²) in [4.78, 5) is 0. The molecule has 0 aromatic heterocycles. The van der Waals surface area contributed by atoms with Crippen LogP contribution in [0.4, 0.5) is 0 Å². The zero-order valence-corrected chi connectivity index (χ0v) is 4.96. The van der Waals surface area contributed by atoms with Gasteiger partial charge >= 0.3 is 21.4 Å². The predicted octanol–water partition coefficient (Wildman–Crippen LogP) is -4.40. The van der Waals surface area contributed by atoms with E-state index in [2.05, 4.69) is 15.4 Å². The van der Waals surface area contributed by atoms with Gasteiger partial charge in [-0.1, -0.05) is 0 Å². The minimum atomic E-state index is -0.323. The zero-order chi connectivity index (χ0) is 6.85. The summed E-state index contributed by atoms with van der Waals surface area (Å²) in [6.07, 6.45) is 0. The van der Waals surface area contributed by atoms with Crippen molar-refractivity contribution in [1.82, 2.24) is 15.4 Å². The highest BCUT2D eigenvalue weighted by Gasteiger charge is 2.28. The van der Waals surface area contributed by atoms with Crippen molar-refractivity contribution in [1.29, 1.82) is 0 Å². The first-order valence-electron chi connectivity index (χ1n) is 2.73. The van der Waals surface area contributed by atoms with E-state index >= 15 is 0 Å². The fraction of sp³-hybridized carbons (Fsp3) is 0. The van der Waals surface area contributed by atoms with Gasteiger partial charge in [-0.05, 0) is 0 Å². The van der Waals surface area contributed by atoms with Crippen molar-refractivity contribution in [2.45, 2.75) is 0 Å². The van der Waals surface area contributed by atoms with Crippen molar-refractivity contribution in [2.75, 3.05) is 0 Å². The maximum Gasteiger partial charge on any atom is 0.373 e. The van der Waals surface area contributed by atoms with E-state index in [0.29, 0.717) is 0 Å². The van der Waals surface area contributed by atoms with Crippen LogP contribution >= 0.6 is 0 Å². The second-order valence-corrected chi connectivity index (χ2v) is 1.93. The molecule has 1 saturated heterocycles. The van der Waals surface area contributed by atoms with Gasteiger partial charge in [0.25, 0.3) is 0 Å². The van der Waals surface area contributed by atoms with Crippen LogP contribution in [0.2, 0.25) is 0 Å². The summed E-state index contributed by atoms with van der Waals surface area (Å²) in [5.74, 6) is 0. The minimum absolute atomic E-state index is 0.323. The van der Waals surface area contributed by atoms with E-state index in [0.717, 1.165) is 0 Å². The Morgan fingerprint density at radius 2 is 0.889 bits per heavy atom. The van der Waals surface area contributed by atoms with Crippen molar-refractivity contribution >= 4 is 21.4 Å². The number of nitrogens with one attached hydrogen (secondary N) is 3. The third-order valence-corrected chi connectivity index (χ3v) is 1.08. The Balaban J connectivity index is 2.34. The number of hydrogen-bond donors (Lipinski definition) is 6. The molecule has 9 heteroatoms. The molecule has 0 spiro atoms. The van der Waals surface area contributed by atoms with Crippen LogP contribution in [-0.2, 0) is 0 Å². The van der Waals surface area contributed by atoms with Crippen molar-refractivity contribution in [3.63, 3.8) is 0 Å². The van der Waals surface area contributed by atoms with Crippen LogP contribution in [0.5, 0.6) is 0 Å². The first-order valence-corrected chi connectivity index (χ1v) is 2.73. The van der Waals surface area contributed by atoms with Gasteiger partial charge in [0, 0.05) is 0 Å². The summed E-state index contributed by atoms with van der Waals surface area (Å²) in [6, 6.07) is 0. The fourth-order valence-corrected chi connectivity index (χ4v) is 0.725. The Morgan fingerprint density at radius 1 is 0.667 bits per heavy atom. The molecular formula is H9B3N6. The number of nitrogens with two attached hydrogens (primary N) is 3. The average Bonchev–Trinajstić information content (AvgIpc) is 1.59. The molecule has 6 nitrogen and oxygen atoms in total. The maximum absolute atomic E-state index is 5.39. The minimum Gasteiger partial charge on any atom is -0.343 e. The molecule has 0 unspecified atom stereocenters. The Bertz CT molecular complexity index is 69.3. The van der Waals surface area contributed by atoms with Gasteiger partial charge in [0.1, 0.15) is 0 Å². The smallest absolute Gasteiger partial charge is 0.343 e. The van der Waals surface area contributed by atoms with Gasteiger partial charge in [-0.2, -0.15) is 0 Å². The van der Waals surface area contributed by atoms with E-state index < -0.39 is 0 Å². The van der Waals surface area contributed by atoms with Crippen LogP contribution in [0.3, 0.4) is 0 Å². The third-order valence-electron chi connectivity index (χ3n) is 1.08. The molecular weight excluding hydrogens is 116 g/mol. The quantitative estimate of drug-likeness (QED) is 0.182. The Morgan fingerprint density at radius 3 is 1.11 bits per heavy atom. The lowest BCUT2D eigenvalue weighted by Crippen LogP contribution is -2.82. The lowest BCUT2D eigenvalue weighted by molar-refractivity contribution is 1.11. The molecule has 1 aliphatic rings. The van der Waals surface area contributed by atoms with Crippen LogP contribution in [0.15, 0.2) is 0 Å². The molecule has 9 heavy (non-hydrogen) atoms. The predicted molar refractivity (Wildman–Crippen MR) is 39.2 cm³/mol. The highest BCUT2D eigenvalue weighted by Crippen LogP contribution is 1.68. The van der Waals surface area contributed by atoms with E-state index in [1.165, 1.54) is 0 Å². The Hall–Kier alpha value is -0.0452. The fourth-order valence-electron chi connectivity index (χ4n) is 0.725. The highest BCUT2D eigenvalue weighted by atomic mass is 15.2. The zero-order valence-electron chi connectivity index (χ0n) is 4.96. The van der Waals surface area contributed by atoms with Crippen LogP contribution < -0.4 is 32.4 Å². The number of hydrogen-bond acceptors (Lipinski definition) is 6. The molecule has 0 saturated carbocycles. The highest BCUT2D eigenvalue weighted by molar-refractivity contribution is 6.84. The molecule has 0 aliphatic carbocycles. The summed E-state index contributed by atoms with van der Waals surface area (Å²) >= 11 is 0. The molecule has 0 radical (unpaired) electrons. The van der Waals surface area contributed by atoms with Crippen molar-refractivity contribution < 1.29 is 0 Å². The average molecular weight is 126 g/mol. The van der Waals surface area contributed by atoms with E-state index in [1.807, 2.05) is 0 Å². The number of rotatable bonds is 0. The second-order valence-electron chi connectivity index (χ2n) is 1.93. The molecule has 1 aliphatic heterocycles. The molecule has 48 valence electrons. The Kier molecular flexibility index (Phi) is 2.11. The molecule has 0 aromatic rings. The first-order chi connectivity index (χ1) is 4.18. The molecule has 1 rings (SSSR count). The normalized spacial score (nSPS) is 21.0. The van der Waals surface area contributed by atoms with Gasteiger partial charge in [-0.25, -0.2) is 0 Å². The van der Waals surface area contributed by atoms with Crippen molar-refractivity contribution in [2.24, 2.45) is 16.9 Å². The van der Waals surface area contributed by atoms with Gasteiger partial charge in [0.2, 0.25) is 0 Å². The van der Waals surface area contributed by atoms with Gasteiger partial charge in [0.05, 0.1) is 0 Å². The van der Waals surface area contributed by atoms with Gasteiger partial charge in [-0.3, -0.25) is 0 Å². The Labute approximate surface area is 54.7 Å². The molecule has 0 aromatic carbocycles.